The van der Waals surface area contributed by atoms with Crippen LogP contribution in [0, 0.1) is 0 Å². The van der Waals surface area contributed by atoms with Crippen LogP contribution in [0.2, 0.25) is 0 Å². The molecular formula is C45H36BNO2. The smallest absolute Gasteiger partial charge is 0.399 e. The van der Waals surface area contributed by atoms with Crippen molar-refractivity contribution < 1.29 is 9.31 Å². The molecule has 0 saturated carbocycles. The molecule has 3 aliphatic rings. The van der Waals surface area contributed by atoms with Crippen molar-refractivity contribution in [2.75, 3.05) is 4.90 Å². The Balaban J connectivity index is 1.30. The van der Waals surface area contributed by atoms with Crippen molar-refractivity contribution in [2.24, 2.45) is 0 Å². The number of anilines is 3. The molecule has 0 atom stereocenters. The summed E-state index contributed by atoms with van der Waals surface area (Å²) < 4.78 is 12.9. The monoisotopic (exact) mass is 633 g/mol. The second kappa shape index (κ2) is 9.95. The highest BCUT2D eigenvalue weighted by Gasteiger charge is 2.53. The second-order valence-corrected chi connectivity index (χ2v) is 14.7. The highest BCUT2D eigenvalue weighted by Crippen LogP contribution is 2.65. The van der Waals surface area contributed by atoms with Gasteiger partial charge in [-0.1, -0.05) is 133 Å². The molecule has 1 fully saturated rings. The zero-order valence-corrected chi connectivity index (χ0v) is 28.2. The molecule has 7 aromatic rings. The van der Waals surface area contributed by atoms with Crippen LogP contribution < -0.4 is 10.4 Å². The summed E-state index contributed by atoms with van der Waals surface area (Å²) in [5, 5.41) is 4.90. The van der Waals surface area contributed by atoms with Crippen molar-refractivity contribution in [3.63, 3.8) is 0 Å². The molecular weight excluding hydrogens is 597 g/mol. The standard InChI is InChI=1S/C45H36BNO2/c1-43(2)44(3,4)49-46(48-43)31-23-25-32(26-24-31)47-41-33-15-7-5-13-29(33)21-27-39(41)45(40-28-22-30-14-6-8-16-34(30)42(40)47)37-19-11-9-17-35(37)36-18-10-12-20-38(36)45/h5-28H,1-4H3. The van der Waals surface area contributed by atoms with E-state index in [1.165, 1.54) is 66.3 Å². The van der Waals surface area contributed by atoms with Gasteiger partial charge in [-0.3, -0.25) is 0 Å². The third-order valence-electron chi connectivity index (χ3n) is 11.7. The second-order valence-electron chi connectivity index (χ2n) is 14.7. The van der Waals surface area contributed by atoms with Crippen LogP contribution in [0.15, 0.2) is 146 Å². The van der Waals surface area contributed by atoms with Crippen LogP contribution >= 0.6 is 0 Å². The zero-order valence-electron chi connectivity index (χ0n) is 28.2. The predicted molar refractivity (Wildman–Crippen MR) is 203 cm³/mol. The van der Waals surface area contributed by atoms with Gasteiger partial charge in [0.15, 0.2) is 0 Å². The van der Waals surface area contributed by atoms with E-state index in [1.807, 2.05) is 0 Å². The van der Waals surface area contributed by atoms with E-state index >= 15 is 0 Å². The maximum absolute atomic E-state index is 6.46. The summed E-state index contributed by atoms with van der Waals surface area (Å²) in [4.78, 5) is 2.53. The first-order valence-electron chi connectivity index (χ1n) is 17.3. The van der Waals surface area contributed by atoms with Crippen LogP contribution in [0.3, 0.4) is 0 Å². The molecule has 1 aliphatic carbocycles. The van der Waals surface area contributed by atoms with Gasteiger partial charge in [0.05, 0.1) is 28.0 Å². The van der Waals surface area contributed by atoms with E-state index in [1.54, 1.807) is 0 Å². The van der Waals surface area contributed by atoms with Crippen molar-refractivity contribution in [1.82, 2.24) is 0 Å². The van der Waals surface area contributed by atoms with Crippen molar-refractivity contribution in [2.45, 2.75) is 44.3 Å². The van der Waals surface area contributed by atoms with Gasteiger partial charge in [0.25, 0.3) is 0 Å². The van der Waals surface area contributed by atoms with Crippen LogP contribution in [0.5, 0.6) is 0 Å². The lowest BCUT2D eigenvalue weighted by atomic mass is 9.63. The summed E-state index contributed by atoms with van der Waals surface area (Å²) in [5.74, 6) is 0. The summed E-state index contributed by atoms with van der Waals surface area (Å²) in [7, 11) is -0.420. The van der Waals surface area contributed by atoms with E-state index in [-0.39, 0.29) is 0 Å². The van der Waals surface area contributed by atoms with Gasteiger partial charge in [-0.2, -0.15) is 0 Å². The molecule has 7 aromatic carbocycles. The van der Waals surface area contributed by atoms with Crippen LogP contribution in [0.1, 0.15) is 49.9 Å². The number of hydrogen-bond acceptors (Lipinski definition) is 3. The summed E-state index contributed by atoms with van der Waals surface area (Å²) >= 11 is 0. The third kappa shape index (κ3) is 3.76. The van der Waals surface area contributed by atoms with E-state index in [0.29, 0.717) is 0 Å². The molecule has 0 unspecified atom stereocenters. The van der Waals surface area contributed by atoms with E-state index in [4.69, 9.17) is 9.31 Å². The fourth-order valence-corrected chi connectivity index (χ4v) is 8.69. The van der Waals surface area contributed by atoms with Gasteiger partial charge in [0, 0.05) is 16.5 Å². The number of fused-ring (bicyclic) bond motifs is 13. The Labute approximate surface area is 287 Å². The molecule has 4 heteroatoms. The quantitative estimate of drug-likeness (QED) is 0.177. The first kappa shape index (κ1) is 28.8. The first-order chi connectivity index (χ1) is 23.8. The lowest BCUT2D eigenvalue weighted by Gasteiger charge is -2.46. The topological polar surface area (TPSA) is 21.7 Å². The fourth-order valence-electron chi connectivity index (χ4n) is 8.69. The largest absolute Gasteiger partial charge is 0.494 e. The van der Waals surface area contributed by atoms with Crippen molar-refractivity contribution in [3.8, 4) is 11.1 Å². The molecule has 0 N–H and O–H groups in total. The third-order valence-corrected chi connectivity index (χ3v) is 11.7. The number of rotatable bonds is 2. The number of benzene rings is 7. The lowest BCUT2D eigenvalue weighted by Crippen LogP contribution is -2.41. The van der Waals surface area contributed by atoms with Crippen molar-refractivity contribution in [3.05, 3.63) is 168 Å². The highest BCUT2D eigenvalue weighted by molar-refractivity contribution is 6.62. The molecule has 10 rings (SSSR count). The molecule has 236 valence electrons. The first-order valence-corrected chi connectivity index (χ1v) is 17.3. The van der Waals surface area contributed by atoms with Gasteiger partial charge in [0.2, 0.25) is 0 Å². The van der Waals surface area contributed by atoms with Crippen LogP contribution in [-0.2, 0) is 14.7 Å². The Kier molecular flexibility index (Phi) is 5.85. The van der Waals surface area contributed by atoms with E-state index in [2.05, 4.69) is 178 Å². The molecule has 0 amide bonds. The summed E-state index contributed by atoms with van der Waals surface area (Å²) in [6, 6.07) is 54.0. The maximum atomic E-state index is 6.46. The number of hydrogen-bond donors (Lipinski definition) is 0. The average molecular weight is 634 g/mol. The Hall–Kier alpha value is -5.16. The average Bonchev–Trinajstić information content (AvgIpc) is 3.54. The molecule has 2 heterocycles. The lowest BCUT2D eigenvalue weighted by molar-refractivity contribution is 0.00578. The molecule has 0 aromatic heterocycles. The minimum absolute atomic E-state index is 0.402. The van der Waals surface area contributed by atoms with Crippen molar-refractivity contribution in [1.29, 1.82) is 0 Å². The van der Waals surface area contributed by atoms with Crippen molar-refractivity contribution >= 4 is 51.2 Å². The molecule has 3 nitrogen and oxygen atoms in total. The fraction of sp³-hybridized carbons (Fsp3) is 0.156. The van der Waals surface area contributed by atoms with Gasteiger partial charge in [0.1, 0.15) is 0 Å². The van der Waals surface area contributed by atoms with Crippen LogP contribution in [0.4, 0.5) is 17.1 Å². The molecule has 49 heavy (non-hydrogen) atoms. The zero-order chi connectivity index (χ0) is 33.1. The molecule has 1 saturated heterocycles. The van der Waals surface area contributed by atoms with Gasteiger partial charge in [-0.25, -0.2) is 0 Å². The van der Waals surface area contributed by atoms with Gasteiger partial charge >= 0.3 is 7.12 Å². The normalized spacial score (nSPS) is 17.6. The Morgan fingerprint density at radius 3 is 1.41 bits per heavy atom. The van der Waals surface area contributed by atoms with Crippen LogP contribution in [0.25, 0.3) is 32.7 Å². The Morgan fingerprint density at radius 2 is 0.898 bits per heavy atom. The molecule has 2 aliphatic heterocycles. The predicted octanol–water partition coefficient (Wildman–Crippen LogP) is 10.4. The van der Waals surface area contributed by atoms with Gasteiger partial charge in [-0.05, 0) is 89.4 Å². The Bertz CT molecular complexity index is 2330. The highest BCUT2D eigenvalue weighted by atomic mass is 16.7. The maximum Gasteiger partial charge on any atom is 0.494 e. The summed E-state index contributed by atoms with van der Waals surface area (Å²) in [6.07, 6.45) is 0. The summed E-state index contributed by atoms with van der Waals surface area (Å²) in [6.45, 7) is 8.42. The van der Waals surface area contributed by atoms with E-state index < -0.39 is 23.7 Å². The minimum atomic E-state index is -0.495. The molecule has 0 radical (unpaired) electrons. The van der Waals surface area contributed by atoms with E-state index in [9.17, 15) is 0 Å². The SMILES string of the molecule is CC1(C)OB(c2ccc(N3c4c(ccc5ccccc45)C4(c5ccccc5-c5ccccc54)c4ccc5ccccc5c43)cc2)OC1(C)C. The molecule has 0 bridgehead atoms. The molecule has 1 spiro atoms. The van der Waals surface area contributed by atoms with Gasteiger partial charge in [-0.15, -0.1) is 0 Å². The van der Waals surface area contributed by atoms with Crippen LogP contribution in [-0.4, -0.2) is 18.3 Å². The summed E-state index contributed by atoms with van der Waals surface area (Å²) in [5.41, 5.74) is 11.1. The van der Waals surface area contributed by atoms with Gasteiger partial charge < -0.3 is 14.2 Å². The van der Waals surface area contributed by atoms with E-state index in [0.717, 1.165) is 11.2 Å². The number of nitrogens with zero attached hydrogens (tertiary/aromatic N) is 1. The minimum Gasteiger partial charge on any atom is -0.399 e. The Morgan fingerprint density at radius 1 is 0.449 bits per heavy atom.